The van der Waals surface area contributed by atoms with Crippen LogP contribution in [0.4, 0.5) is 5.69 Å². The number of nitrogens with one attached hydrogen (secondary N) is 1. The number of nitrogens with two attached hydrogens (primary N) is 1. The van der Waals surface area contributed by atoms with Crippen LogP contribution in [0.2, 0.25) is 0 Å². The Balaban J connectivity index is 1.98. The summed E-state index contributed by atoms with van der Waals surface area (Å²) in [5.74, 6) is 0. The number of anilines is 1. The smallest absolute Gasteiger partial charge is 0.183 e. The highest BCUT2D eigenvalue weighted by Crippen LogP contribution is 2.37. The second kappa shape index (κ2) is 7.70. The lowest BCUT2D eigenvalue weighted by Gasteiger charge is -2.22. The van der Waals surface area contributed by atoms with Gasteiger partial charge in [0, 0.05) is 28.0 Å². The molecule has 3 N–H and O–H groups in total. The van der Waals surface area contributed by atoms with Gasteiger partial charge in [-0.05, 0) is 57.2 Å². The van der Waals surface area contributed by atoms with Gasteiger partial charge in [-0.2, -0.15) is 0 Å². The summed E-state index contributed by atoms with van der Waals surface area (Å²) in [6.45, 7) is 5.98. The number of benzene rings is 2. The molecule has 0 bridgehead atoms. The summed E-state index contributed by atoms with van der Waals surface area (Å²) in [6, 6.07) is 13.5. The van der Waals surface area contributed by atoms with Crippen LogP contribution in [0.25, 0.3) is 21.0 Å². The first kappa shape index (κ1) is 19.4. The largest absolute Gasteiger partial charge is 0.593 e. The van der Waals surface area contributed by atoms with E-state index in [4.69, 9.17) is 5.73 Å². The maximum Gasteiger partial charge on any atom is 0.183 e. The third-order valence-electron chi connectivity index (χ3n) is 3.47. The van der Waals surface area contributed by atoms with E-state index in [1.165, 1.54) is 0 Å². The SMILES string of the molecule is CC(C)(C)N[S+]([O-])c1cc(Br)ccc1-c1cnc(-c2ccc(N)cc2)s1. The minimum atomic E-state index is -1.33. The summed E-state index contributed by atoms with van der Waals surface area (Å²) in [4.78, 5) is 6.25. The van der Waals surface area contributed by atoms with Crippen molar-refractivity contribution in [3.05, 3.63) is 53.1 Å². The normalized spacial score (nSPS) is 13.0. The van der Waals surface area contributed by atoms with E-state index in [2.05, 4.69) is 25.6 Å². The molecule has 7 heteroatoms. The van der Waals surface area contributed by atoms with Gasteiger partial charge in [-0.25, -0.2) is 4.98 Å². The van der Waals surface area contributed by atoms with Crippen LogP contribution in [-0.2, 0) is 11.4 Å². The van der Waals surface area contributed by atoms with Crippen molar-refractivity contribution in [1.82, 2.24) is 9.71 Å². The number of nitrogen functional groups attached to an aromatic ring is 1. The van der Waals surface area contributed by atoms with E-state index in [9.17, 15) is 4.55 Å². The van der Waals surface area contributed by atoms with Crippen molar-refractivity contribution in [3.63, 3.8) is 0 Å². The van der Waals surface area contributed by atoms with E-state index in [1.807, 2.05) is 69.4 Å². The molecule has 0 radical (unpaired) electrons. The van der Waals surface area contributed by atoms with Crippen LogP contribution in [-0.4, -0.2) is 15.1 Å². The molecule has 2 aromatic carbocycles. The van der Waals surface area contributed by atoms with E-state index in [0.29, 0.717) is 0 Å². The van der Waals surface area contributed by atoms with Crippen molar-refractivity contribution in [3.8, 4) is 21.0 Å². The Kier molecular flexibility index (Phi) is 5.74. The monoisotopic (exact) mass is 449 g/mol. The van der Waals surface area contributed by atoms with Crippen LogP contribution >= 0.6 is 27.3 Å². The fraction of sp³-hybridized carbons (Fsp3) is 0.211. The summed E-state index contributed by atoms with van der Waals surface area (Å²) in [7, 11) is 0. The Morgan fingerprint density at radius 3 is 2.50 bits per heavy atom. The zero-order valence-electron chi connectivity index (χ0n) is 14.7. The highest BCUT2D eigenvalue weighted by atomic mass is 79.9. The van der Waals surface area contributed by atoms with Gasteiger partial charge in [-0.15, -0.1) is 16.1 Å². The molecule has 4 nitrogen and oxygen atoms in total. The molecule has 26 heavy (non-hydrogen) atoms. The van der Waals surface area contributed by atoms with Crippen LogP contribution < -0.4 is 10.5 Å². The lowest BCUT2D eigenvalue weighted by molar-refractivity contribution is 0.491. The van der Waals surface area contributed by atoms with Gasteiger partial charge in [0.1, 0.15) is 5.01 Å². The molecule has 0 aliphatic carbocycles. The molecule has 0 spiro atoms. The van der Waals surface area contributed by atoms with Crippen molar-refractivity contribution in [2.45, 2.75) is 31.2 Å². The Morgan fingerprint density at radius 1 is 1.15 bits per heavy atom. The predicted molar refractivity (Wildman–Crippen MR) is 114 cm³/mol. The minimum absolute atomic E-state index is 0.257. The lowest BCUT2D eigenvalue weighted by atomic mass is 10.1. The topological polar surface area (TPSA) is 74.0 Å². The number of rotatable bonds is 4. The number of nitrogens with zero attached hydrogens (tertiary/aromatic N) is 1. The van der Waals surface area contributed by atoms with Gasteiger partial charge in [0.15, 0.2) is 4.90 Å². The fourth-order valence-electron chi connectivity index (χ4n) is 2.34. The lowest BCUT2D eigenvalue weighted by Crippen LogP contribution is -2.40. The fourth-order valence-corrected chi connectivity index (χ4v) is 5.16. The molecule has 0 amide bonds. The first-order valence-electron chi connectivity index (χ1n) is 8.04. The first-order chi connectivity index (χ1) is 12.2. The molecule has 1 aromatic heterocycles. The first-order valence-corrected chi connectivity index (χ1v) is 10.8. The standard InChI is InChI=1S/C19H20BrN3OS2/c1-19(2,3)23-26(24)17-10-13(20)6-9-15(17)16-11-22-18(25-16)12-4-7-14(21)8-5-12/h4-11,23H,21H2,1-3H3. The second-order valence-electron chi connectivity index (χ2n) is 6.91. The van der Waals surface area contributed by atoms with Gasteiger partial charge in [-0.3, -0.25) is 0 Å². The predicted octanol–water partition coefficient (Wildman–Crippen LogP) is 5.23. The number of hydrogen-bond donors (Lipinski definition) is 2. The van der Waals surface area contributed by atoms with E-state index in [1.54, 1.807) is 11.3 Å². The molecular formula is C19H20BrN3OS2. The van der Waals surface area contributed by atoms with Crippen LogP contribution in [0, 0.1) is 0 Å². The maximum absolute atomic E-state index is 12.9. The van der Waals surface area contributed by atoms with Crippen LogP contribution in [0.1, 0.15) is 20.8 Å². The summed E-state index contributed by atoms with van der Waals surface area (Å²) in [6.07, 6.45) is 1.83. The van der Waals surface area contributed by atoms with Gasteiger partial charge >= 0.3 is 0 Å². The van der Waals surface area contributed by atoms with E-state index < -0.39 is 11.4 Å². The molecule has 3 rings (SSSR count). The van der Waals surface area contributed by atoms with Crippen LogP contribution in [0.15, 0.2) is 58.0 Å². The molecule has 1 heterocycles. The van der Waals surface area contributed by atoms with E-state index in [0.717, 1.165) is 36.1 Å². The third kappa shape index (κ3) is 4.66. The van der Waals surface area contributed by atoms with Crippen molar-refractivity contribution >= 4 is 44.3 Å². The highest BCUT2D eigenvalue weighted by molar-refractivity contribution is 9.10. The van der Waals surface area contributed by atoms with Crippen molar-refractivity contribution < 1.29 is 4.55 Å². The summed E-state index contributed by atoms with van der Waals surface area (Å²) >= 11 is 3.72. The van der Waals surface area contributed by atoms with Gasteiger partial charge in [0.05, 0.1) is 27.3 Å². The Labute approximate surface area is 169 Å². The number of thiazole rings is 1. The summed E-state index contributed by atoms with van der Waals surface area (Å²) in [5, 5.41) is 0.906. The minimum Gasteiger partial charge on any atom is -0.593 e. The molecule has 0 aliphatic heterocycles. The van der Waals surface area contributed by atoms with Crippen molar-refractivity contribution in [2.75, 3.05) is 5.73 Å². The summed E-state index contributed by atoms with van der Waals surface area (Å²) < 4.78 is 16.9. The van der Waals surface area contributed by atoms with Crippen molar-refractivity contribution in [1.29, 1.82) is 0 Å². The number of aromatic nitrogens is 1. The Bertz CT molecular complexity index is 904. The zero-order valence-corrected chi connectivity index (χ0v) is 18.0. The van der Waals surface area contributed by atoms with E-state index >= 15 is 0 Å². The Hall–Kier alpha value is -1.38. The average molecular weight is 450 g/mol. The van der Waals surface area contributed by atoms with Crippen molar-refractivity contribution in [2.24, 2.45) is 0 Å². The highest BCUT2D eigenvalue weighted by Gasteiger charge is 2.25. The molecule has 0 fully saturated rings. The van der Waals surface area contributed by atoms with Crippen LogP contribution in [0.3, 0.4) is 0 Å². The molecule has 0 aliphatic rings. The third-order valence-corrected chi connectivity index (χ3v) is 6.58. The molecular weight excluding hydrogens is 430 g/mol. The summed E-state index contributed by atoms with van der Waals surface area (Å²) in [5.41, 5.74) is 8.16. The van der Waals surface area contributed by atoms with E-state index in [-0.39, 0.29) is 5.54 Å². The second-order valence-corrected chi connectivity index (χ2v) is 10.0. The number of halogens is 1. The quantitative estimate of drug-likeness (QED) is 0.422. The van der Waals surface area contributed by atoms with Gasteiger partial charge in [0.25, 0.3) is 0 Å². The van der Waals surface area contributed by atoms with Gasteiger partial charge in [-0.1, -0.05) is 15.9 Å². The molecule has 1 unspecified atom stereocenters. The molecule has 1 atom stereocenters. The average Bonchev–Trinajstić information content (AvgIpc) is 3.03. The maximum atomic E-state index is 12.9. The molecule has 0 saturated heterocycles. The molecule has 0 saturated carbocycles. The zero-order chi connectivity index (χ0) is 18.9. The Morgan fingerprint density at radius 2 is 1.85 bits per heavy atom. The van der Waals surface area contributed by atoms with Gasteiger partial charge < -0.3 is 10.3 Å². The number of hydrogen-bond acceptors (Lipinski definition) is 5. The molecule has 136 valence electrons. The van der Waals surface area contributed by atoms with Crippen LogP contribution in [0.5, 0.6) is 0 Å². The van der Waals surface area contributed by atoms with Gasteiger partial charge in [0.2, 0.25) is 0 Å². The molecule has 3 aromatic rings.